The summed E-state index contributed by atoms with van der Waals surface area (Å²) in [6.45, 7) is 7.29. The van der Waals surface area contributed by atoms with Crippen molar-refractivity contribution in [3.63, 3.8) is 0 Å². The highest BCUT2D eigenvalue weighted by atomic mass is 32.1. The number of rotatable bonds is 4. The van der Waals surface area contributed by atoms with Crippen LogP contribution in [0.3, 0.4) is 0 Å². The highest BCUT2D eigenvalue weighted by Crippen LogP contribution is 2.29. The first-order valence-corrected chi connectivity index (χ1v) is 9.30. The van der Waals surface area contributed by atoms with Crippen LogP contribution in [0.1, 0.15) is 67.4 Å². The van der Waals surface area contributed by atoms with Crippen molar-refractivity contribution < 1.29 is 4.79 Å². The van der Waals surface area contributed by atoms with E-state index in [4.69, 9.17) is 0 Å². The summed E-state index contributed by atoms with van der Waals surface area (Å²) in [4.78, 5) is 23.5. The Labute approximate surface area is 145 Å². The maximum Gasteiger partial charge on any atom is 0.318 e. The minimum atomic E-state index is -0.0601. The van der Waals surface area contributed by atoms with Crippen molar-refractivity contribution in [2.45, 2.75) is 58.5 Å². The molecule has 1 aliphatic heterocycles. The van der Waals surface area contributed by atoms with Crippen LogP contribution in [0.25, 0.3) is 0 Å². The van der Waals surface area contributed by atoms with Gasteiger partial charge < -0.3 is 10.2 Å². The monoisotopic (exact) mass is 348 g/mol. The van der Waals surface area contributed by atoms with Gasteiger partial charge in [0.1, 0.15) is 10.8 Å². The normalized spacial score (nSPS) is 18.2. The molecule has 0 bridgehead atoms. The molecule has 1 aliphatic rings. The van der Waals surface area contributed by atoms with Crippen LogP contribution in [-0.2, 0) is 6.54 Å². The van der Waals surface area contributed by atoms with Crippen molar-refractivity contribution in [1.29, 1.82) is 0 Å². The van der Waals surface area contributed by atoms with E-state index in [1.54, 1.807) is 11.3 Å². The largest absolute Gasteiger partial charge is 0.331 e. The Hall–Kier alpha value is -1.96. The van der Waals surface area contributed by atoms with E-state index in [1.807, 2.05) is 17.2 Å². The minimum Gasteiger partial charge on any atom is -0.331 e. The number of hydrogen-bond donors (Lipinski definition) is 2. The molecule has 0 saturated carbocycles. The zero-order valence-corrected chi connectivity index (χ0v) is 15.2. The Kier molecular flexibility index (Phi) is 5.13. The molecule has 2 aromatic heterocycles. The Morgan fingerprint density at radius 2 is 2.29 bits per heavy atom. The van der Waals surface area contributed by atoms with Crippen LogP contribution in [0.5, 0.6) is 0 Å². The van der Waals surface area contributed by atoms with Crippen molar-refractivity contribution in [3.05, 3.63) is 27.7 Å². The summed E-state index contributed by atoms with van der Waals surface area (Å²) in [5.74, 6) is 1.86. The number of carbonyl (C=O) groups excluding carboxylic acids is 1. The average molecular weight is 348 g/mol. The van der Waals surface area contributed by atoms with Crippen LogP contribution in [0, 0.1) is 6.92 Å². The predicted octanol–water partition coefficient (Wildman–Crippen LogP) is 3.13. The number of aromatic amines is 1. The van der Waals surface area contributed by atoms with Crippen LogP contribution in [-0.4, -0.2) is 37.6 Å². The summed E-state index contributed by atoms with van der Waals surface area (Å²) in [6.07, 6.45) is 3.03. The van der Waals surface area contributed by atoms with E-state index >= 15 is 0 Å². The Morgan fingerprint density at radius 3 is 2.96 bits per heavy atom. The summed E-state index contributed by atoms with van der Waals surface area (Å²) < 4.78 is 0. The van der Waals surface area contributed by atoms with Crippen molar-refractivity contribution in [1.82, 2.24) is 30.4 Å². The lowest BCUT2D eigenvalue weighted by Gasteiger charge is -2.34. The van der Waals surface area contributed by atoms with E-state index in [2.05, 4.69) is 39.3 Å². The number of aromatic nitrogens is 4. The number of amides is 2. The van der Waals surface area contributed by atoms with Gasteiger partial charge in [-0.2, -0.15) is 5.10 Å². The van der Waals surface area contributed by atoms with Crippen molar-refractivity contribution >= 4 is 17.4 Å². The number of hydrogen-bond acceptors (Lipinski definition) is 5. The minimum absolute atomic E-state index is 0.0308. The fraction of sp³-hybridized carbons (Fsp3) is 0.625. The zero-order valence-electron chi connectivity index (χ0n) is 14.4. The number of carbonyl (C=O) groups is 1. The van der Waals surface area contributed by atoms with Gasteiger partial charge in [-0.15, -0.1) is 11.3 Å². The maximum atomic E-state index is 12.6. The van der Waals surface area contributed by atoms with Crippen LogP contribution in [0.2, 0.25) is 0 Å². The molecule has 1 unspecified atom stereocenters. The quantitative estimate of drug-likeness (QED) is 0.889. The first-order valence-electron chi connectivity index (χ1n) is 8.42. The van der Waals surface area contributed by atoms with Gasteiger partial charge in [0, 0.05) is 23.5 Å². The van der Waals surface area contributed by atoms with E-state index in [1.165, 1.54) is 0 Å². The second-order valence-corrected chi connectivity index (χ2v) is 7.42. The molecule has 24 heavy (non-hydrogen) atoms. The SMILES string of the molecule is Cc1csc(CNC(=O)N2CCCCC2c2nc(C(C)C)n[nH]2)n1. The number of nitrogens with zero attached hydrogens (tertiary/aromatic N) is 4. The molecule has 8 heteroatoms. The third-order valence-corrected chi connectivity index (χ3v) is 5.14. The van der Waals surface area contributed by atoms with Crippen LogP contribution < -0.4 is 5.32 Å². The smallest absolute Gasteiger partial charge is 0.318 e. The van der Waals surface area contributed by atoms with Gasteiger partial charge in [0.05, 0.1) is 12.6 Å². The summed E-state index contributed by atoms with van der Waals surface area (Å²) in [5, 5.41) is 13.2. The van der Waals surface area contributed by atoms with Crippen molar-refractivity contribution in [3.8, 4) is 0 Å². The van der Waals surface area contributed by atoms with Gasteiger partial charge in [0.25, 0.3) is 0 Å². The fourth-order valence-corrected chi connectivity index (χ4v) is 3.60. The molecule has 1 saturated heterocycles. The molecule has 7 nitrogen and oxygen atoms in total. The summed E-state index contributed by atoms with van der Waals surface area (Å²) >= 11 is 1.57. The van der Waals surface area contributed by atoms with Gasteiger partial charge in [-0.3, -0.25) is 5.10 Å². The van der Waals surface area contributed by atoms with Crippen LogP contribution >= 0.6 is 11.3 Å². The number of piperidine rings is 1. The van der Waals surface area contributed by atoms with Crippen LogP contribution in [0.4, 0.5) is 4.79 Å². The second-order valence-electron chi connectivity index (χ2n) is 6.48. The third kappa shape index (κ3) is 3.75. The summed E-state index contributed by atoms with van der Waals surface area (Å²) in [7, 11) is 0. The average Bonchev–Trinajstić information content (AvgIpc) is 3.22. The lowest BCUT2D eigenvalue weighted by molar-refractivity contribution is 0.147. The number of nitrogens with one attached hydrogen (secondary N) is 2. The molecular weight excluding hydrogens is 324 g/mol. The molecule has 0 aromatic carbocycles. The lowest BCUT2D eigenvalue weighted by Crippen LogP contribution is -2.44. The van der Waals surface area contributed by atoms with Crippen molar-refractivity contribution in [2.24, 2.45) is 0 Å². The predicted molar refractivity (Wildman–Crippen MR) is 92.9 cm³/mol. The van der Waals surface area contributed by atoms with Gasteiger partial charge >= 0.3 is 6.03 Å². The van der Waals surface area contributed by atoms with Gasteiger partial charge in [-0.25, -0.2) is 14.8 Å². The highest BCUT2D eigenvalue weighted by molar-refractivity contribution is 7.09. The summed E-state index contributed by atoms with van der Waals surface area (Å²) in [6, 6.07) is -0.0909. The standard InChI is InChI=1S/C16H24N6OS/c1-10(2)14-19-15(21-20-14)12-6-4-5-7-22(12)16(23)17-8-13-18-11(3)9-24-13/h9-10,12H,4-8H2,1-3H3,(H,17,23)(H,19,20,21). The molecule has 1 atom stereocenters. The zero-order chi connectivity index (χ0) is 17.1. The Balaban J connectivity index is 1.67. The lowest BCUT2D eigenvalue weighted by atomic mass is 10.0. The van der Waals surface area contributed by atoms with E-state index in [0.29, 0.717) is 6.54 Å². The molecule has 0 aliphatic carbocycles. The Bertz CT molecular complexity index is 694. The van der Waals surface area contributed by atoms with Gasteiger partial charge in [0.2, 0.25) is 0 Å². The number of urea groups is 1. The van der Waals surface area contributed by atoms with E-state index in [0.717, 1.165) is 48.2 Å². The molecule has 2 amide bonds. The first-order chi connectivity index (χ1) is 11.5. The molecule has 3 rings (SSSR count). The van der Waals surface area contributed by atoms with Gasteiger partial charge in [0.15, 0.2) is 5.82 Å². The second kappa shape index (κ2) is 7.29. The number of H-pyrrole nitrogens is 1. The molecule has 2 N–H and O–H groups in total. The van der Waals surface area contributed by atoms with E-state index < -0.39 is 0 Å². The topological polar surface area (TPSA) is 86.8 Å². The first kappa shape index (κ1) is 16.9. The fourth-order valence-electron chi connectivity index (χ4n) is 2.89. The molecule has 130 valence electrons. The van der Waals surface area contributed by atoms with Gasteiger partial charge in [-0.05, 0) is 26.2 Å². The van der Waals surface area contributed by atoms with Crippen molar-refractivity contribution in [2.75, 3.05) is 6.54 Å². The highest BCUT2D eigenvalue weighted by Gasteiger charge is 2.30. The molecular formula is C16H24N6OS. The molecule has 3 heterocycles. The number of thiazole rings is 1. The molecule has 0 spiro atoms. The number of likely N-dealkylation sites (tertiary alicyclic amines) is 1. The summed E-state index contributed by atoms with van der Waals surface area (Å²) in [5.41, 5.74) is 0.989. The maximum absolute atomic E-state index is 12.6. The number of aryl methyl sites for hydroxylation is 1. The molecule has 1 fully saturated rings. The Morgan fingerprint density at radius 1 is 1.46 bits per heavy atom. The van der Waals surface area contributed by atoms with Crippen LogP contribution in [0.15, 0.2) is 5.38 Å². The van der Waals surface area contributed by atoms with E-state index in [9.17, 15) is 4.79 Å². The van der Waals surface area contributed by atoms with E-state index in [-0.39, 0.29) is 18.0 Å². The molecule has 0 radical (unpaired) electrons. The third-order valence-electron chi connectivity index (χ3n) is 4.17. The molecule has 2 aromatic rings. The van der Waals surface area contributed by atoms with Gasteiger partial charge in [-0.1, -0.05) is 13.8 Å².